The molecule has 20 heavy (non-hydrogen) atoms. The molecule has 0 saturated heterocycles. The van der Waals surface area contributed by atoms with Crippen LogP contribution in [0.25, 0.3) is 6.08 Å². The van der Waals surface area contributed by atoms with Gasteiger partial charge in [-0.15, -0.1) is 0 Å². The lowest BCUT2D eigenvalue weighted by molar-refractivity contribution is -0.114. The number of carbonyl (C=O) groups excluding carboxylic acids is 1. The second-order valence-corrected chi connectivity index (χ2v) is 5.20. The Hall–Kier alpha value is -2.14. The lowest BCUT2D eigenvalue weighted by atomic mass is 9.95. The Bertz CT molecular complexity index is 633. The Morgan fingerprint density at radius 1 is 1.35 bits per heavy atom. The Balaban J connectivity index is 2.59. The second-order valence-electron chi connectivity index (χ2n) is 4.79. The third-order valence-electron chi connectivity index (χ3n) is 3.06. The van der Waals surface area contributed by atoms with Crippen molar-refractivity contribution < 1.29 is 9.90 Å². The van der Waals surface area contributed by atoms with Crippen LogP contribution in [0.1, 0.15) is 11.1 Å². The summed E-state index contributed by atoms with van der Waals surface area (Å²) in [6.45, 7) is 0. The third-order valence-corrected chi connectivity index (χ3v) is 3.50. The van der Waals surface area contributed by atoms with Crippen molar-refractivity contribution in [1.29, 1.82) is 0 Å². The van der Waals surface area contributed by atoms with Gasteiger partial charge in [0.05, 0.1) is 22.4 Å². The van der Waals surface area contributed by atoms with Crippen molar-refractivity contribution in [3.63, 3.8) is 0 Å². The number of anilines is 1. The normalized spacial score (nSPS) is 16.9. The third kappa shape index (κ3) is 2.44. The molecule has 4 nitrogen and oxygen atoms in total. The van der Waals surface area contributed by atoms with Gasteiger partial charge in [0.2, 0.25) is 0 Å². The summed E-state index contributed by atoms with van der Waals surface area (Å²) in [6, 6.07) is 5.54. The van der Waals surface area contributed by atoms with Gasteiger partial charge in [-0.1, -0.05) is 18.3 Å². The molecule has 1 aliphatic rings. The first-order valence-electron chi connectivity index (χ1n) is 6.11. The van der Waals surface area contributed by atoms with E-state index < -0.39 is 0 Å². The minimum absolute atomic E-state index is 0.110. The molecule has 1 aromatic rings. The highest BCUT2D eigenvalue weighted by Crippen LogP contribution is 2.31. The average Bonchev–Trinajstić information content (AvgIpc) is 2.41. The number of likely N-dealkylation sites (N-methyl/N-ethyl adjacent to an activating group) is 1. The molecule has 1 heterocycles. The number of benzene rings is 1. The topological polar surface area (TPSA) is 43.8 Å². The van der Waals surface area contributed by atoms with Crippen LogP contribution in [0.4, 0.5) is 5.69 Å². The first-order valence-corrected chi connectivity index (χ1v) is 6.52. The van der Waals surface area contributed by atoms with Gasteiger partial charge in [0, 0.05) is 32.9 Å². The number of thiocarbonyl (C=S) groups is 1. The van der Waals surface area contributed by atoms with Crippen molar-refractivity contribution in [3.05, 3.63) is 47.4 Å². The van der Waals surface area contributed by atoms with E-state index in [1.807, 2.05) is 32.3 Å². The summed E-state index contributed by atoms with van der Waals surface area (Å²) in [5.74, 6) is -0.110. The number of amides is 1. The number of carbonyl (C=O) groups is 1. The fourth-order valence-corrected chi connectivity index (χ4v) is 2.43. The number of fused-ring (bicyclic) bond motifs is 1. The number of nitrogens with zero attached hydrogens (tertiary/aromatic N) is 2. The fraction of sp³-hybridized carbons (Fsp3) is 0.200. The van der Waals surface area contributed by atoms with Gasteiger partial charge in [-0.25, -0.2) is 0 Å². The molecule has 0 atom stereocenters. The van der Waals surface area contributed by atoms with Gasteiger partial charge in [-0.2, -0.15) is 0 Å². The van der Waals surface area contributed by atoms with E-state index in [0.717, 1.165) is 23.1 Å². The van der Waals surface area contributed by atoms with Crippen molar-refractivity contribution in [3.8, 4) is 0 Å². The van der Waals surface area contributed by atoms with E-state index in [9.17, 15) is 4.79 Å². The van der Waals surface area contributed by atoms with Gasteiger partial charge < -0.3 is 14.9 Å². The highest BCUT2D eigenvalue weighted by molar-refractivity contribution is 7.81. The van der Waals surface area contributed by atoms with Gasteiger partial charge in [0.15, 0.2) is 0 Å². The van der Waals surface area contributed by atoms with E-state index in [-0.39, 0.29) is 5.91 Å². The zero-order chi connectivity index (χ0) is 14.9. The maximum absolute atomic E-state index is 12.3. The minimum Gasteiger partial charge on any atom is -0.516 e. The van der Waals surface area contributed by atoms with Gasteiger partial charge in [0.25, 0.3) is 5.91 Å². The highest BCUT2D eigenvalue weighted by atomic mass is 32.1. The smallest absolute Gasteiger partial charge is 0.260 e. The van der Waals surface area contributed by atoms with Crippen LogP contribution in [-0.4, -0.2) is 41.9 Å². The zero-order valence-electron chi connectivity index (χ0n) is 11.6. The van der Waals surface area contributed by atoms with Crippen molar-refractivity contribution in [2.24, 2.45) is 0 Å². The highest BCUT2D eigenvalue weighted by Gasteiger charge is 2.30. The Morgan fingerprint density at radius 3 is 2.65 bits per heavy atom. The van der Waals surface area contributed by atoms with Crippen molar-refractivity contribution in [1.82, 2.24) is 4.90 Å². The minimum atomic E-state index is -0.110. The molecule has 5 heteroatoms. The van der Waals surface area contributed by atoms with Crippen LogP contribution in [0.15, 0.2) is 36.2 Å². The monoisotopic (exact) mass is 288 g/mol. The molecule has 0 bridgehead atoms. The lowest BCUT2D eigenvalue weighted by Gasteiger charge is -2.29. The molecule has 0 spiro atoms. The van der Waals surface area contributed by atoms with Crippen LogP contribution in [0, 0.1) is 0 Å². The molecule has 0 fully saturated rings. The molecular weight excluding hydrogens is 272 g/mol. The van der Waals surface area contributed by atoms with Crippen LogP contribution in [0.2, 0.25) is 0 Å². The average molecular weight is 288 g/mol. The maximum atomic E-state index is 12.3. The number of rotatable bonds is 2. The van der Waals surface area contributed by atoms with E-state index in [1.54, 1.807) is 29.1 Å². The predicted octanol–water partition coefficient (Wildman–Crippen LogP) is 2.36. The standard InChI is InChI=1S/C15H16N2O2S/c1-16(2)9-12-14(20)11-8-10(6-7-18)4-5-13(11)17(3)15(12)19/h4-9,18H,1-3H3. The maximum Gasteiger partial charge on any atom is 0.260 e. The molecule has 0 saturated carbocycles. The Kier molecular flexibility index (Phi) is 3.90. The second kappa shape index (κ2) is 5.46. The number of aliphatic hydroxyl groups is 1. The number of hydrogen-bond donors (Lipinski definition) is 1. The molecule has 1 amide bonds. The molecule has 0 aromatic heterocycles. The summed E-state index contributed by atoms with van der Waals surface area (Å²) in [6.07, 6.45) is 4.30. The summed E-state index contributed by atoms with van der Waals surface area (Å²) >= 11 is 5.45. The van der Waals surface area contributed by atoms with Crippen molar-refractivity contribution >= 4 is 34.8 Å². The summed E-state index contributed by atoms with van der Waals surface area (Å²) in [5.41, 5.74) is 2.95. The van der Waals surface area contributed by atoms with E-state index in [1.165, 1.54) is 0 Å². The fourth-order valence-electron chi connectivity index (χ4n) is 2.12. The predicted molar refractivity (Wildman–Crippen MR) is 85.0 cm³/mol. The molecule has 104 valence electrons. The molecule has 1 aromatic carbocycles. The Labute approximate surface area is 123 Å². The van der Waals surface area contributed by atoms with Crippen LogP contribution < -0.4 is 4.90 Å². The van der Waals surface area contributed by atoms with Crippen LogP contribution in [0.3, 0.4) is 0 Å². The largest absolute Gasteiger partial charge is 0.516 e. The van der Waals surface area contributed by atoms with Gasteiger partial charge in [0.1, 0.15) is 0 Å². The van der Waals surface area contributed by atoms with Gasteiger partial charge in [-0.05, 0) is 23.8 Å². The van der Waals surface area contributed by atoms with E-state index in [4.69, 9.17) is 17.3 Å². The zero-order valence-corrected chi connectivity index (χ0v) is 12.4. The molecule has 1 aliphatic heterocycles. The molecule has 1 N–H and O–H groups in total. The first-order chi connectivity index (χ1) is 9.45. The van der Waals surface area contributed by atoms with E-state index >= 15 is 0 Å². The number of aliphatic hydroxyl groups excluding tert-OH is 1. The van der Waals surface area contributed by atoms with Crippen LogP contribution in [-0.2, 0) is 4.79 Å². The summed E-state index contributed by atoms with van der Waals surface area (Å²) in [7, 11) is 5.43. The summed E-state index contributed by atoms with van der Waals surface area (Å²) in [5, 5.41) is 8.86. The lowest BCUT2D eigenvalue weighted by Crippen LogP contribution is -2.37. The van der Waals surface area contributed by atoms with E-state index in [2.05, 4.69) is 0 Å². The molecule has 2 rings (SSSR count). The van der Waals surface area contributed by atoms with Gasteiger partial charge in [-0.3, -0.25) is 4.79 Å². The summed E-state index contributed by atoms with van der Waals surface area (Å²) in [4.78, 5) is 16.3. The molecular formula is C15H16N2O2S. The Morgan fingerprint density at radius 2 is 2.05 bits per heavy atom. The van der Waals surface area contributed by atoms with Gasteiger partial charge >= 0.3 is 0 Å². The van der Waals surface area contributed by atoms with E-state index in [0.29, 0.717) is 10.4 Å². The quantitative estimate of drug-likeness (QED) is 0.515. The summed E-state index contributed by atoms with van der Waals surface area (Å²) < 4.78 is 0. The van der Waals surface area contributed by atoms with Crippen LogP contribution in [0.5, 0.6) is 0 Å². The van der Waals surface area contributed by atoms with Crippen molar-refractivity contribution in [2.75, 3.05) is 26.0 Å². The molecule has 0 aliphatic carbocycles. The first kappa shape index (κ1) is 14.3. The molecule has 0 radical (unpaired) electrons. The SMILES string of the molecule is CN(C)C=C1C(=O)N(C)c2ccc(C=CO)cc2C1=S. The van der Waals surface area contributed by atoms with Crippen LogP contribution >= 0.6 is 12.2 Å². The number of hydrogen-bond acceptors (Lipinski definition) is 4. The molecule has 0 unspecified atom stereocenters. The van der Waals surface area contributed by atoms with Crippen molar-refractivity contribution in [2.45, 2.75) is 0 Å².